The zero-order chi connectivity index (χ0) is 19.6. The number of carbonyl (C=O) groups is 2. The Morgan fingerprint density at radius 1 is 1.35 bits per heavy atom. The summed E-state index contributed by atoms with van der Waals surface area (Å²) in [6.45, 7) is 1.39. The fourth-order valence-electron chi connectivity index (χ4n) is 2.43. The van der Waals surface area contributed by atoms with Gasteiger partial charge in [-0.15, -0.1) is 0 Å². The van der Waals surface area contributed by atoms with E-state index in [0.29, 0.717) is 17.8 Å². The maximum atomic E-state index is 12.2. The molecule has 0 aliphatic carbocycles. The van der Waals surface area contributed by atoms with E-state index in [9.17, 15) is 18.0 Å². The molecule has 2 rings (SSSR count). The van der Waals surface area contributed by atoms with Crippen LogP contribution in [0.1, 0.15) is 19.2 Å². The maximum Gasteiger partial charge on any atom is 0.325 e. The number of nitrogens with zero attached hydrogens (tertiary/aromatic N) is 3. The highest BCUT2D eigenvalue weighted by Gasteiger charge is 2.19. The first-order valence-electron chi connectivity index (χ1n) is 7.94. The van der Waals surface area contributed by atoms with Gasteiger partial charge in [-0.25, -0.2) is 17.7 Å². The van der Waals surface area contributed by atoms with Crippen molar-refractivity contribution in [1.82, 2.24) is 19.2 Å². The summed E-state index contributed by atoms with van der Waals surface area (Å²) in [5.74, 6) is -0.879. The smallest absolute Gasteiger partial charge is 0.325 e. The van der Waals surface area contributed by atoms with Gasteiger partial charge in [0.25, 0.3) is 0 Å². The Hall–Kier alpha value is -2.46. The molecular weight excluding hydrogens is 360 g/mol. The second-order valence-corrected chi connectivity index (χ2v) is 8.30. The third kappa shape index (κ3) is 4.02. The molecule has 0 saturated heterocycles. The number of nitrogens with one attached hydrogen (secondary N) is 1. The molecule has 0 bridgehead atoms. The Balaban J connectivity index is 2.21. The minimum atomic E-state index is -3.55. The molecule has 0 aliphatic rings. The van der Waals surface area contributed by atoms with E-state index in [1.165, 1.54) is 33.2 Å². The molecule has 0 unspecified atom stereocenters. The van der Waals surface area contributed by atoms with E-state index in [0.717, 1.165) is 9.82 Å². The van der Waals surface area contributed by atoms with Crippen LogP contribution in [0.15, 0.2) is 23.1 Å². The van der Waals surface area contributed by atoms with Gasteiger partial charge in [0.2, 0.25) is 15.9 Å². The molecule has 0 aliphatic heterocycles. The Kier molecular flexibility index (Phi) is 5.67. The van der Waals surface area contributed by atoms with Crippen molar-refractivity contribution in [3.63, 3.8) is 0 Å². The molecule has 9 nitrogen and oxygen atoms in total. The van der Waals surface area contributed by atoms with E-state index in [1.54, 1.807) is 17.7 Å². The normalized spacial score (nSPS) is 13.1. The van der Waals surface area contributed by atoms with Gasteiger partial charge in [-0.1, -0.05) is 0 Å². The quantitative estimate of drug-likeness (QED) is 0.712. The summed E-state index contributed by atoms with van der Waals surface area (Å²) in [6, 6.07) is 3.74. The number of sulfonamides is 1. The SMILES string of the molecule is C[C@H](NC(=O)CCc1nc2cc(S(=O)(=O)N(C)C)ccc2n1C)C(=O)O. The Labute approximate surface area is 151 Å². The summed E-state index contributed by atoms with van der Waals surface area (Å²) in [5.41, 5.74) is 1.27. The number of hydrogen-bond donors (Lipinski definition) is 2. The summed E-state index contributed by atoms with van der Waals surface area (Å²) in [5, 5.41) is 11.2. The highest BCUT2D eigenvalue weighted by atomic mass is 32.2. The van der Waals surface area contributed by atoms with Crippen LogP contribution in [-0.4, -0.2) is 59.4 Å². The lowest BCUT2D eigenvalue weighted by Gasteiger charge is -2.11. The van der Waals surface area contributed by atoms with Gasteiger partial charge in [0.15, 0.2) is 0 Å². The summed E-state index contributed by atoms with van der Waals surface area (Å²) in [7, 11) is 1.14. The van der Waals surface area contributed by atoms with Gasteiger partial charge in [-0.05, 0) is 25.1 Å². The number of carboxylic acid groups (broad SMARTS) is 1. The number of aromatic nitrogens is 2. The van der Waals surface area contributed by atoms with Gasteiger partial charge in [-0.2, -0.15) is 0 Å². The van der Waals surface area contributed by atoms with Crippen molar-refractivity contribution in [2.45, 2.75) is 30.7 Å². The van der Waals surface area contributed by atoms with E-state index >= 15 is 0 Å². The number of benzene rings is 1. The lowest BCUT2D eigenvalue weighted by molar-refractivity contribution is -0.141. The van der Waals surface area contributed by atoms with Crippen LogP contribution in [0.25, 0.3) is 11.0 Å². The molecule has 10 heteroatoms. The standard InChI is InChI=1S/C16H22N4O5S/c1-10(16(22)23)17-15(21)8-7-14-18-12-9-11(26(24,25)19(2)3)5-6-13(12)20(14)4/h5-6,9-10H,7-8H2,1-4H3,(H,17,21)(H,22,23)/t10-/m0/s1. The van der Waals surface area contributed by atoms with E-state index in [4.69, 9.17) is 5.11 Å². The van der Waals surface area contributed by atoms with E-state index < -0.39 is 22.0 Å². The van der Waals surface area contributed by atoms with Crippen LogP contribution in [0, 0.1) is 0 Å². The molecule has 1 amide bonds. The highest BCUT2D eigenvalue weighted by Crippen LogP contribution is 2.21. The number of hydrogen-bond acceptors (Lipinski definition) is 5. The average Bonchev–Trinajstić information content (AvgIpc) is 2.88. The van der Waals surface area contributed by atoms with Gasteiger partial charge in [0, 0.05) is 34.0 Å². The van der Waals surface area contributed by atoms with E-state index in [1.807, 2.05) is 0 Å². The van der Waals surface area contributed by atoms with Crippen molar-refractivity contribution in [3.05, 3.63) is 24.0 Å². The monoisotopic (exact) mass is 382 g/mol. The molecule has 1 aromatic carbocycles. The summed E-state index contributed by atoms with van der Waals surface area (Å²) in [6.07, 6.45) is 0.386. The fraction of sp³-hybridized carbons (Fsp3) is 0.438. The van der Waals surface area contributed by atoms with Gasteiger partial charge in [-0.3, -0.25) is 9.59 Å². The van der Waals surface area contributed by atoms with Crippen LogP contribution in [0.2, 0.25) is 0 Å². The Morgan fingerprint density at radius 2 is 2.00 bits per heavy atom. The van der Waals surface area contributed by atoms with Crippen LogP contribution in [-0.2, 0) is 33.1 Å². The molecule has 0 saturated carbocycles. The van der Waals surface area contributed by atoms with Crippen LogP contribution >= 0.6 is 0 Å². The number of imidazole rings is 1. The van der Waals surface area contributed by atoms with Crippen molar-refractivity contribution in [1.29, 1.82) is 0 Å². The number of carboxylic acids is 1. The number of fused-ring (bicyclic) bond motifs is 1. The first-order valence-corrected chi connectivity index (χ1v) is 9.38. The predicted molar refractivity (Wildman–Crippen MR) is 95.1 cm³/mol. The topological polar surface area (TPSA) is 122 Å². The predicted octanol–water partition coefficient (Wildman–Crippen LogP) is 0.346. The van der Waals surface area contributed by atoms with Crippen LogP contribution in [0.4, 0.5) is 0 Å². The lowest BCUT2D eigenvalue weighted by Crippen LogP contribution is -2.38. The molecule has 0 spiro atoms. The summed E-state index contributed by atoms with van der Waals surface area (Å²) >= 11 is 0. The van der Waals surface area contributed by atoms with Gasteiger partial charge in [0.1, 0.15) is 11.9 Å². The zero-order valence-corrected chi connectivity index (χ0v) is 15.9. The van der Waals surface area contributed by atoms with Crippen molar-refractivity contribution in [3.8, 4) is 0 Å². The Morgan fingerprint density at radius 3 is 2.58 bits per heavy atom. The van der Waals surface area contributed by atoms with Crippen LogP contribution in [0.3, 0.4) is 0 Å². The molecule has 0 fully saturated rings. The van der Waals surface area contributed by atoms with Crippen LogP contribution < -0.4 is 5.32 Å². The minimum absolute atomic E-state index is 0.0810. The molecule has 2 N–H and O–H groups in total. The van der Waals surface area contributed by atoms with Gasteiger partial charge in [0.05, 0.1) is 15.9 Å². The van der Waals surface area contributed by atoms with Crippen molar-refractivity contribution in [2.75, 3.05) is 14.1 Å². The molecule has 142 valence electrons. The molecule has 26 heavy (non-hydrogen) atoms. The lowest BCUT2D eigenvalue weighted by atomic mass is 10.2. The number of rotatable bonds is 7. The molecular formula is C16H22N4O5S. The first-order chi connectivity index (χ1) is 12.0. The fourth-order valence-corrected chi connectivity index (χ4v) is 3.35. The largest absolute Gasteiger partial charge is 0.480 e. The second-order valence-electron chi connectivity index (χ2n) is 6.15. The maximum absolute atomic E-state index is 12.2. The number of aliphatic carboxylic acids is 1. The molecule has 0 radical (unpaired) electrons. The summed E-state index contributed by atoms with van der Waals surface area (Å²) < 4.78 is 27.4. The van der Waals surface area contributed by atoms with Crippen LogP contribution in [0.5, 0.6) is 0 Å². The van der Waals surface area contributed by atoms with Crippen molar-refractivity contribution >= 4 is 32.9 Å². The molecule has 2 aromatic rings. The number of amides is 1. The van der Waals surface area contributed by atoms with Crippen molar-refractivity contribution in [2.24, 2.45) is 7.05 Å². The van der Waals surface area contributed by atoms with Crippen molar-refractivity contribution < 1.29 is 23.1 Å². The number of carbonyl (C=O) groups excluding carboxylic acids is 1. The van der Waals surface area contributed by atoms with E-state index in [2.05, 4.69) is 10.3 Å². The average molecular weight is 382 g/mol. The Bertz CT molecular complexity index is 949. The zero-order valence-electron chi connectivity index (χ0n) is 15.1. The van der Waals surface area contributed by atoms with Gasteiger partial charge < -0.3 is 15.0 Å². The molecule has 1 aromatic heterocycles. The first kappa shape index (κ1) is 19.9. The molecule has 1 atom stereocenters. The van der Waals surface area contributed by atoms with Gasteiger partial charge >= 0.3 is 5.97 Å². The third-order valence-corrected chi connectivity index (χ3v) is 5.86. The highest BCUT2D eigenvalue weighted by molar-refractivity contribution is 7.89. The second kappa shape index (κ2) is 7.42. The van der Waals surface area contributed by atoms with E-state index in [-0.39, 0.29) is 17.2 Å². The summed E-state index contributed by atoms with van der Waals surface area (Å²) in [4.78, 5) is 27.1. The number of aryl methyl sites for hydroxylation is 2. The third-order valence-electron chi connectivity index (χ3n) is 4.05. The molecule has 1 heterocycles. The minimum Gasteiger partial charge on any atom is -0.480 e.